The largest absolute Gasteiger partial charge is 0.508 e. The first-order chi connectivity index (χ1) is 26.3. The number of phenols is 1. The number of benzene rings is 6. The van der Waals surface area contributed by atoms with Gasteiger partial charge in [-0.1, -0.05) is 69.7 Å². The molecule has 8 rings (SSSR count). The van der Waals surface area contributed by atoms with E-state index >= 15 is 0 Å². The highest BCUT2D eigenvalue weighted by Gasteiger charge is 2.45. The predicted octanol–water partition coefficient (Wildman–Crippen LogP) is 11.8. The fourth-order valence-electron chi connectivity index (χ4n) is 7.88. The van der Waals surface area contributed by atoms with Gasteiger partial charge in [-0.3, -0.25) is 4.79 Å². The van der Waals surface area contributed by atoms with Gasteiger partial charge in [0.05, 0.1) is 12.2 Å². The van der Waals surface area contributed by atoms with Gasteiger partial charge in [-0.05, 0) is 113 Å². The number of phenolic OH excluding ortho intramolecular Hbond substituents is 1. The minimum Gasteiger partial charge on any atom is -0.508 e. The van der Waals surface area contributed by atoms with Crippen LogP contribution < -0.4 is 14.8 Å². The molecule has 1 amide bonds. The van der Waals surface area contributed by atoms with Gasteiger partial charge in [-0.2, -0.15) is 13.2 Å². The number of anilines is 1. The molecule has 1 unspecified atom stereocenters. The lowest BCUT2D eigenvalue weighted by molar-refractivity contribution is -0.137. The van der Waals surface area contributed by atoms with Gasteiger partial charge >= 0.3 is 6.18 Å². The summed E-state index contributed by atoms with van der Waals surface area (Å²) in [7, 11) is 0. The SMILES string of the molecule is CCCCOc1ccc(C2(c3ccc(F)cc3)C=Cc3c4c(c5ccc(C(F)(F)F)cc5c3O2)-c2cc(NC(=O)c3ccc(O)cc3)ccc2C4(C)C)cc1. The highest BCUT2D eigenvalue weighted by molar-refractivity contribution is 6.10. The van der Waals surface area contributed by atoms with Crippen LogP contribution in [0.25, 0.3) is 28.0 Å². The molecule has 1 atom stereocenters. The predicted molar refractivity (Wildman–Crippen MR) is 206 cm³/mol. The molecule has 6 aromatic carbocycles. The Kier molecular flexibility index (Phi) is 8.71. The van der Waals surface area contributed by atoms with Crippen molar-refractivity contribution in [3.8, 4) is 28.4 Å². The summed E-state index contributed by atoms with van der Waals surface area (Å²) in [6.07, 6.45) is 1.05. The number of fused-ring (bicyclic) bond motifs is 8. The second-order valence-electron chi connectivity index (χ2n) is 14.5. The number of hydrogen-bond donors (Lipinski definition) is 2. The maximum atomic E-state index is 14.4. The number of aromatic hydroxyl groups is 1. The topological polar surface area (TPSA) is 67.8 Å². The molecular weight excluding hydrogens is 707 g/mol. The molecule has 2 N–H and O–H groups in total. The van der Waals surface area contributed by atoms with Crippen LogP contribution in [0.5, 0.6) is 17.2 Å². The van der Waals surface area contributed by atoms with Crippen molar-refractivity contribution >= 4 is 28.4 Å². The van der Waals surface area contributed by atoms with E-state index in [0.717, 1.165) is 47.2 Å². The zero-order valence-electron chi connectivity index (χ0n) is 30.4. The van der Waals surface area contributed by atoms with Crippen LogP contribution in [-0.4, -0.2) is 17.6 Å². The fourth-order valence-corrected chi connectivity index (χ4v) is 7.88. The van der Waals surface area contributed by atoms with Crippen LogP contribution in [0.4, 0.5) is 23.2 Å². The average molecular weight is 744 g/mol. The molecule has 0 bridgehead atoms. The summed E-state index contributed by atoms with van der Waals surface area (Å²) in [4.78, 5) is 13.2. The van der Waals surface area contributed by atoms with E-state index in [0.29, 0.717) is 45.7 Å². The van der Waals surface area contributed by atoms with Gasteiger partial charge in [0, 0.05) is 38.7 Å². The van der Waals surface area contributed by atoms with Gasteiger partial charge in [0.15, 0.2) is 5.60 Å². The molecule has 0 saturated carbocycles. The Hall–Kier alpha value is -6.09. The normalized spacial score (nSPS) is 16.6. The molecule has 1 aliphatic carbocycles. The van der Waals surface area contributed by atoms with Crippen molar-refractivity contribution in [2.24, 2.45) is 0 Å². The number of ether oxygens (including phenoxy) is 2. The maximum Gasteiger partial charge on any atom is 0.416 e. The number of carbonyl (C=O) groups excluding carboxylic acids is 1. The Morgan fingerprint density at radius 1 is 0.855 bits per heavy atom. The number of carbonyl (C=O) groups is 1. The highest BCUT2D eigenvalue weighted by atomic mass is 19.4. The smallest absolute Gasteiger partial charge is 0.416 e. The Balaban J connectivity index is 1.32. The van der Waals surface area contributed by atoms with E-state index in [1.54, 1.807) is 12.1 Å². The maximum absolute atomic E-state index is 14.4. The monoisotopic (exact) mass is 743 g/mol. The van der Waals surface area contributed by atoms with Crippen LogP contribution in [-0.2, 0) is 17.2 Å². The van der Waals surface area contributed by atoms with E-state index in [1.165, 1.54) is 42.5 Å². The summed E-state index contributed by atoms with van der Waals surface area (Å²) in [6, 6.07) is 28.5. The number of unbranched alkanes of at least 4 members (excludes halogenated alkanes) is 1. The summed E-state index contributed by atoms with van der Waals surface area (Å²) in [5.41, 5.74) is 3.30. The molecule has 1 heterocycles. The Bertz CT molecular complexity index is 2490. The molecule has 9 heteroatoms. The molecule has 6 aromatic rings. The van der Waals surface area contributed by atoms with Gasteiger partial charge in [-0.15, -0.1) is 0 Å². The van der Waals surface area contributed by atoms with E-state index < -0.39 is 28.6 Å². The molecular formula is C46H37F4NO4. The number of amides is 1. The van der Waals surface area contributed by atoms with Crippen molar-refractivity contribution in [3.05, 3.63) is 160 Å². The summed E-state index contributed by atoms with van der Waals surface area (Å²) in [5.74, 6) is 0.168. The number of alkyl halides is 3. The average Bonchev–Trinajstić information content (AvgIpc) is 3.41. The fraction of sp³-hybridized carbons (Fsp3) is 0.196. The summed E-state index contributed by atoms with van der Waals surface area (Å²) >= 11 is 0. The third-order valence-electron chi connectivity index (χ3n) is 10.7. The van der Waals surface area contributed by atoms with Gasteiger partial charge in [-0.25, -0.2) is 4.39 Å². The highest BCUT2D eigenvalue weighted by Crippen LogP contribution is 2.59. The van der Waals surface area contributed by atoms with Crippen LogP contribution >= 0.6 is 0 Å². The van der Waals surface area contributed by atoms with Gasteiger partial charge < -0.3 is 19.9 Å². The second kappa shape index (κ2) is 13.3. The third-order valence-corrected chi connectivity index (χ3v) is 10.7. The van der Waals surface area contributed by atoms with E-state index in [9.17, 15) is 27.5 Å². The molecule has 5 nitrogen and oxygen atoms in total. The van der Waals surface area contributed by atoms with Crippen molar-refractivity contribution < 1.29 is 36.9 Å². The van der Waals surface area contributed by atoms with Crippen LogP contribution in [0.2, 0.25) is 0 Å². The summed E-state index contributed by atoms with van der Waals surface area (Å²) in [6.45, 7) is 6.77. The first kappa shape index (κ1) is 35.9. The Labute approximate surface area is 315 Å². The minimum absolute atomic E-state index is 0.0371. The Morgan fingerprint density at radius 2 is 1.55 bits per heavy atom. The third kappa shape index (κ3) is 6.17. The van der Waals surface area contributed by atoms with Crippen LogP contribution in [0.3, 0.4) is 0 Å². The molecule has 1 aliphatic heterocycles. The molecule has 2 aliphatic rings. The molecule has 55 heavy (non-hydrogen) atoms. The molecule has 0 spiro atoms. The van der Waals surface area contributed by atoms with Crippen LogP contribution in [0.1, 0.15) is 77.4 Å². The minimum atomic E-state index is -4.63. The van der Waals surface area contributed by atoms with Crippen molar-refractivity contribution in [2.45, 2.75) is 50.8 Å². The number of rotatable bonds is 8. The Morgan fingerprint density at radius 3 is 2.22 bits per heavy atom. The lowest BCUT2D eigenvalue weighted by atomic mass is 9.76. The summed E-state index contributed by atoms with van der Waals surface area (Å²) < 4.78 is 70.7. The molecule has 0 radical (unpaired) electrons. The van der Waals surface area contributed by atoms with Crippen LogP contribution in [0.15, 0.2) is 115 Å². The zero-order valence-corrected chi connectivity index (χ0v) is 30.4. The number of halogens is 4. The van der Waals surface area contributed by atoms with Crippen molar-refractivity contribution in [1.82, 2.24) is 0 Å². The molecule has 0 aromatic heterocycles. The van der Waals surface area contributed by atoms with Crippen molar-refractivity contribution in [3.63, 3.8) is 0 Å². The zero-order chi connectivity index (χ0) is 38.7. The van der Waals surface area contributed by atoms with Gasteiger partial charge in [0.2, 0.25) is 0 Å². The van der Waals surface area contributed by atoms with E-state index in [2.05, 4.69) is 26.1 Å². The van der Waals surface area contributed by atoms with E-state index in [-0.39, 0.29) is 22.8 Å². The van der Waals surface area contributed by atoms with Gasteiger partial charge in [0.25, 0.3) is 5.91 Å². The first-order valence-electron chi connectivity index (χ1n) is 18.1. The van der Waals surface area contributed by atoms with Crippen molar-refractivity contribution in [1.29, 1.82) is 0 Å². The molecule has 0 fully saturated rings. The van der Waals surface area contributed by atoms with Crippen LogP contribution in [0, 0.1) is 5.82 Å². The number of hydrogen-bond acceptors (Lipinski definition) is 4. The first-order valence-corrected chi connectivity index (χ1v) is 18.1. The van der Waals surface area contributed by atoms with E-state index in [4.69, 9.17) is 9.47 Å². The quantitative estimate of drug-likeness (QED) is 0.120. The standard InChI is InChI=1S/C46H37F4NO4/c1-4-5-24-54-34-18-10-29(11-19-34)45(28-8-13-31(47)14-9-28)23-22-36-41-40(35-20-12-30(46(48,49)50)25-37(35)42(36)55-45)38-26-32(15-21-39(38)44(41,2)3)51-43(53)27-6-16-33(52)17-7-27/h6-23,25-26,52H,4-5,24H2,1-3H3,(H,51,53). The molecule has 278 valence electrons. The lowest BCUT2D eigenvalue weighted by Crippen LogP contribution is -2.35. The van der Waals surface area contributed by atoms with Gasteiger partial charge in [0.1, 0.15) is 23.1 Å². The molecule has 0 saturated heterocycles. The number of nitrogens with one attached hydrogen (secondary N) is 1. The van der Waals surface area contributed by atoms with E-state index in [1.807, 2.05) is 54.6 Å². The summed E-state index contributed by atoms with van der Waals surface area (Å²) in [5, 5.41) is 13.4. The lowest BCUT2D eigenvalue weighted by Gasteiger charge is -2.38. The second-order valence-corrected chi connectivity index (χ2v) is 14.5. The van der Waals surface area contributed by atoms with Crippen molar-refractivity contribution in [2.75, 3.05) is 11.9 Å².